The van der Waals surface area contributed by atoms with E-state index in [1.165, 1.54) is 0 Å². The first-order valence-electron chi connectivity index (χ1n) is 10.3. The van der Waals surface area contributed by atoms with E-state index in [4.69, 9.17) is 0 Å². The SMILES string of the molecule is CC(NCc1ccc2[nH]c(-c3cc4ccccc4[nH]c3=O)cc2c1)C1CCC(=O)N1. The minimum Gasteiger partial charge on any atom is -0.354 e. The molecule has 0 saturated carbocycles. The zero-order valence-electron chi connectivity index (χ0n) is 16.8. The Hall–Kier alpha value is -3.38. The summed E-state index contributed by atoms with van der Waals surface area (Å²) in [5.41, 5.74) is 4.34. The fraction of sp³-hybridized carbons (Fsp3) is 0.250. The number of H-pyrrole nitrogens is 2. The van der Waals surface area contributed by atoms with E-state index in [-0.39, 0.29) is 23.6 Å². The van der Waals surface area contributed by atoms with Crippen LogP contribution in [0.5, 0.6) is 0 Å². The van der Waals surface area contributed by atoms with Gasteiger partial charge in [0.1, 0.15) is 0 Å². The van der Waals surface area contributed by atoms with Crippen molar-refractivity contribution in [1.82, 2.24) is 20.6 Å². The highest BCUT2D eigenvalue weighted by Crippen LogP contribution is 2.25. The van der Waals surface area contributed by atoms with Crippen molar-refractivity contribution in [1.29, 1.82) is 0 Å². The van der Waals surface area contributed by atoms with Gasteiger partial charge in [-0.25, -0.2) is 0 Å². The third-order valence-electron chi connectivity index (χ3n) is 5.99. The number of fused-ring (bicyclic) bond motifs is 2. The summed E-state index contributed by atoms with van der Waals surface area (Å²) in [6.45, 7) is 2.83. The van der Waals surface area contributed by atoms with Crippen LogP contribution in [0, 0.1) is 0 Å². The summed E-state index contributed by atoms with van der Waals surface area (Å²) >= 11 is 0. The highest BCUT2D eigenvalue weighted by atomic mass is 16.2. The maximum atomic E-state index is 12.6. The molecule has 30 heavy (non-hydrogen) atoms. The van der Waals surface area contributed by atoms with Crippen LogP contribution in [0.3, 0.4) is 0 Å². The molecule has 2 aromatic carbocycles. The second-order valence-electron chi connectivity index (χ2n) is 8.09. The summed E-state index contributed by atoms with van der Waals surface area (Å²) < 4.78 is 0. The number of nitrogens with one attached hydrogen (secondary N) is 4. The molecule has 4 aromatic rings. The van der Waals surface area contributed by atoms with Crippen LogP contribution in [0.2, 0.25) is 0 Å². The van der Waals surface area contributed by atoms with Crippen LogP contribution in [0.15, 0.2) is 59.4 Å². The number of carbonyl (C=O) groups is 1. The topological polar surface area (TPSA) is 89.8 Å². The molecular weight excluding hydrogens is 376 g/mol. The Bertz CT molecular complexity index is 1300. The Morgan fingerprint density at radius 1 is 1.00 bits per heavy atom. The summed E-state index contributed by atoms with van der Waals surface area (Å²) in [5, 5.41) is 8.61. The Labute approximate surface area is 173 Å². The van der Waals surface area contributed by atoms with Crippen LogP contribution in [0.1, 0.15) is 25.3 Å². The third kappa shape index (κ3) is 3.50. The van der Waals surface area contributed by atoms with Gasteiger partial charge in [-0.05, 0) is 54.6 Å². The molecule has 2 aromatic heterocycles. The smallest absolute Gasteiger partial charge is 0.257 e. The zero-order valence-corrected chi connectivity index (χ0v) is 16.8. The van der Waals surface area contributed by atoms with Gasteiger partial charge in [-0.3, -0.25) is 9.59 Å². The second kappa shape index (κ2) is 7.46. The van der Waals surface area contributed by atoms with E-state index < -0.39 is 0 Å². The fourth-order valence-electron chi connectivity index (χ4n) is 4.22. The van der Waals surface area contributed by atoms with Gasteiger partial charge in [-0.2, -0.15) is 0 Å². The number of pyridine rings is 1. The average Bonchev–Trinajstić information content (AvgIpc) is 3.37. The molecular formula is C24H24N4O2. The van der Waals surface area contributed by atoms with Crippen molar-refractivity contribution in [2.45, 2.75) is 38.4 Å². The van der Waals surface area contributed by atoms with Crippen LogP contribution < -0.4 is 16.2 Å². The largest absolute Gasteiger partial charge is 0.354 e. The Kier molecular flexibility index (Phi) is 4.64. The van der Waals surface area contributed by atoms with Gasteiger partial charge in [-0.15, -0.1) is 0 Å². The summed E-state index contributed by atoms with van der Waals surface area (Å²) in [5.74, 6) is 0.138. The van der Waals surface area contributed by atoms with Gasteiger partial charge in [0.15, 0.2) is 0 Å². The molecule has 2 atom stereocenters. The number of benzene rings is 2. The van der Waals surface area contributed by atoms with E-state index in [0.717, 1.165) is 46.0 Å². The van der Waals surface area contributed by atoms with Crippen molar-refractivity contribution in [2.24, 2.45) is 0 Å². The van der Waals surface area contributed by atoms with Crippen LogP contribution >= 0.6 is 0 Å². The number of hydrogen-bond acceptors (Lipinski definition) is 3. The van der Waals surface area contributed by atoms with Crippen molar-refractivity contribution >= 4 is 27.7 Å². The molecule has 2 unspecified atom stereocenters. The number of aromatic amines is 2. The maximum absolute atomic E-state index is 12.6. The first-order chi connectivity index (χ1) is 14.6. The van der Waals surface area contributed by atoms with Gasteiger partial charge in [0.25, 0.3) is 5.56 Å². The predicted molar refractivity (Wildman–Crippen MR) is 119 cm³/mol. The standard InChI is InChI=1S/C24H24N4O2/c1-14(19-8-9-23(29)27-19)25-13-15-6-7-21-17(10-15)12-22(26-21)18-11-16-4-2-3-5-20(16)28-24(18)30/h2-7,10-12,14,19,25-26H,8-9,13H2,1H3,(H,27,29)(H,28,30). The van der Waals surface area contributed by atoms with E-state index in [1.54, 1.807) is 0 Å². The van der Waals surface area contributed by atoms with Gasteiger partial charge < -0.3 is 20.6 Å². The summed E-state index contributed by atoms with van der Waals surface area (Å²) in [6, 6.07) is 18.4. The van der Waals surface area contributed by atoms with Gasteiger partial charge in [0.2, 0.25) is 5.91 Å². The van der Waals surface area contributed by atoms with Crippen molar-refractivity contribution in [3.63, 3.8) is 0 Å². The van der Waals surface area contributed by atoms with E-state index >= 15 is 0 Å². The van der Waals surface area contributed by atoms with Crippen LogP contribution in [0.25, 0.3) is 33.1 Å². The molecule has 1 aliphatic heterocycles. The first-order valence-corrected chi connectivity index (χ1v) is 10.3. The summed E-state index contributed by atoms with van der Waals surface area (Å²) in [6.07, 6.45) is 1.50. The van der Waals surface area contributed by atoms with Crippen molar-refractivity contribution in [2.75, 3.05) is 0 Å². The van der Waals surface area contributed by atoms with Gasteiger partial charge >= 0.3 is 0 Å². The molecule has 3 heterocycles. The predicted octanol–water partition coefficient (Wildman–Crippen LogP) is 3.43. The molecule has 0 aliphatic carbocycles. The van der Waals surface area contributed by atoms with Crippen molar-refractivity contribution < 1.29 is 4.79 Å². The second-order valence-corrected chi connectivity index (χ2v) is 8.09. The van der Waals surface area contributed by atoms with Gasteiger partial charge in [0, 0.05) is 41.5 Å². The average molecular weight is 400 g/mol. The van der Waals surface area contributed by atoms with Gasteiger partial charge in [-0.1, -0.05) is 24.3 Å². The molecule has 0 bridgehead atoms. The lowest BCUT2D eigenvalue weighted by molar-refractivity contribution is -0.119. The molecule has 1 saturated heterocycles. The molecule has 1 fully saturated rings. The molecule has 1 aliphatic rings. The van der Waals surface area contributed by atoms with Crippen molar-refractivity contribution in [3.05, 3.63) is 70.5 Å². The zero-order chi connectivity index (χ0) is 20.7. The van der Waals surface area contributed by atoms with Crippen molar-refractivity contribution in [3.8, 4) is 11.3 Å². The molecule has 152 valence electrons. The Morgan fingerprint density at radius 3 is 2.67 bits per heavy atom. The summed E-state index contributed by atoms with van der Waals surface area (Å²) in [4.78, 5) is 30.3. The van der Waals surface area contributed by atoms with Crippen LogP contribution in [-0.4, -0.2) is 28.0 Å². The number of rotatable bonds is 5. The number of para-hydroxylation sites is 1. The lowest BCUT2D eigenvalue weighted by Gasteiger charge is -2.20. The molecule has 6 heteroatoms. The van der Waals surface area contributed by atoms with E-state index in [9.17, 15) is 9.59 Å². The van der Waals surface area contributed by atoms with E-state index in [1.807, 2.05) is 42.5 Å². The highest BCUT2D eigenvalue weighted by molar-refractivity contribution is 5.89. The third-order valence-corrected chi connectivity index (χ3v) is 5.99. The normalized spacial score (nSPS) is 17.5. The quantitative estimate of drug-likeness (QED) is 0.414. The number of aromatic nitrogens is 2. The lowest BCUT2D eigenvalue weighted by Crippen LogP contribution is -2.43. The Balaban J connectivity index is 1.38. The van der Waals surface area contributed by atoms with Crippen LogP contribution in [0.4, 0.5) is 0 Å². The molecule has 6 nitrogen and oxygen atoms in total. The number of carbonyl (C=O) groups excluding carboxylic acids is 1. The Morgan fingerprint density at radius 2 is 1.83 bits per heavy atom. The number of hydrogen-bond donors (Lipinski definition) is 4. The molecule has 0 radical (unpaired) electrons. The monoisotopic (exact) mass is 400 g/mol. The number of amides is 1. The summed E-state index contributed by atoms with van der Waals surface area (Å²) in [7, 11) is 0. The van der Waals surface area contributed by atoms with Gasteiger partial charge in [0.05, 0.1) is 11.3 Å². The minimum absolute atomic E-state index is 0.102. The van der Waals surface area contributed by atoms with E-state index in [0.29, 0.717) is 12.0 Å². The highest BCUT2D eigenvalue weighted by Gasteiger charge is 2.25. The molecule has 5 rings (SSSR count). The first kappa shape index (κ1) is 18.6. The minimum atomic E-state index is -0.102. The molecule has 1 amide bonds. The van der Waals surface area contributed by atoms with Crippen LogP contribution in [-0.2, 0) is 11.3 Å². The lowest BCUT2D eigenvalue weighted by atomic mass is 10.1. The maximum Gasteiger partial charge on any atom is 0.257 e. The van der Waals surface area contributed by atoms with E-state index in [2.05, 4.69) is 39.7 Å². The molecule has 0 spiro atoms. The molecule has 4 N–H and O–H groups in total. The fourth-order valence-corrected chi connectivity index (χ4v) is 4.22.